The molecular formula is C27H28N4O4S2. The maximum absolute atomic E-state index is 13.2. The van der Waals surface area contributed by atoms with Crippen molar-refractivity contribution in [3.8, 4) is 6.07 Å². The topological polar surface area (TPSA) is 107 Å². The van der Waals surface area contributed by atoms with E-state index >= 15 is 0 Å². The molecule has 0 spiro atoms. The van der Waals surface area contributed by atoms with Gasteiger partial charge in [0.05, 0.1) is 4.91 Å². The minimum atomic E-state index is -1.15. The molecule has 4 rings (SSSR count). The van der Waals surface area contributed by atoms with E-state index in [2.05, 4.69) is 29.2 Å². The molecule has 0 radical (unpaired) electrons. The molecule has 0 unspecified atom stereocenters. The molecule has 0 atom stereocenters. The van der Waals surface area contributed by atoms with Crippen molar-refractivity contribution in [2.24, 2.45) is 5.92 Å². The number of carbonyl (C=O) groups excluding carboxylic acids is 1. The number of aromatic nitrogens is 1. The summed E-state index contributed by atoms with van der Waals surface area (Å²) in [6, 6.07) is 12.4. The Kier molecular flexibility index (Phi) is 8.15. The number of rotatable bonds is 7. The van der Waals surface area contributed by atoms with E-state index in [1.54, 1.807) is 17.6 Å². The summed E-state index contributed by atoms with van der Waals surface area (Å²) in [5.74, 6) is -0.433. The Bertz CT molecular complexity index is 1370. The predicted molar refractivity (Wildman–Crippen MR) is 148 cm³/mol. The minimum absolute atomic E-state index is 0.0387. The van der Waals surface area contributed by atoms with E-state index in [4.69, 9.17) is 17.3 Å². The molecule has 10 heteroatoms. The van der Waals surface area contributed by atoms with Crippen LogP contribution in [0.1, 0.15) is 42.0 Å². The molecule has 2 aromatic rings. The van der Waals surface area contributed by atoms with E-state index in [0.29, 0.717) is 29.4 Å². The first kappa shape index (κ1) is 26.6. The van der Waals surface area contributed by atoms with Crippen LogP contribution in [0.3, 0.4) is 0 Å². The van der Waals surface area contributed by atoms with E-state index in [0.717, 1.165) is 49.0 Å². The van der Waals surface area contributed by atoms with Crippen molar-refractivity contribution in [1.29, 1.82) is 5.26 Å². The molecule has 0 bridgehead atoms. The maximum Gasteiger partial charge on any atom is 0.323 e. The lowest BCUT2D eigenvalue weighted by Crippen LogP contribution is -2.39. The molecule has 3 heterocycles. The number of carbonyl (C=O) groups is 2. The summed E-state index contributed by atoms with van der Waals surface area (Å²) in [5.41, 5.74) is 2.12. The third kappa shape index (κ3) is 5.48. The van der Waals surface area contributed by atoms with Crippen molar-refractivity contribution < 1.29 is 14.7 Å². The van der Waals surface area contributed by atoms with Gasteiger partial charge in [-0.15, -0.1) is 0 Å². The molecule has 1 aromatic heterocycles. The Balaban J connectivity index is 1.71. The quantitative estimate of drug-likeness (QED) is 0.421. The highest BCUT2D eigenvalue weighted by Gasteiger charge is 2.34. The first-order valence-electron chi connectivity index (χ1n) is 12.2. The van der Waals surface area contributed by atoms with Gasteiger partial charge < -0.3 is 10.0 Å². The number of hydrogen-bond donors (Lipinski definition) is 1. The van der Waals surface area contributed by atoms with E-state index in [-0.39, 0.29) is 20.3 Å². The second kappa shape index (κ2) is 11.3. The van der Waals surface area contributed by atoms with Crippen molar-refractivity contribution >= 4 is 52.1 Å². The second-order valence-corrected chi connectivity index (χ2v) is 10.9. The van der Waals surface area contributed by atoms with E-state index in [1.807, 2.05) is 19.1 Å². The first-order valence-corrected chi connectivity index (χ1v) is 13.4. The summed E-state index contributed by atoms with van der Waals surface area (Å²) in [5, 5.41) is 18.9. The number of amides is 1. The zero-order chi connectivity index (χ0) is 26.7. The number of nitrogens with zero attached hydrogens (tertiary/aromatic N) is 4. The van der Waals surface area contributed by atoms with Gasteiger partial charge in [-0.1, -0.05) is 54.3 Å². The van der Waals surface area contributed by atoms with Crippen LogP contribution >= 0.6 is 24.0 Å². The van der Waals surface area contributed by atoms with Crippen LogP contribution in [-0.4, -0.2) is 50.4 Å². The predicted octanol–water partition coefficient (Wildman–Crippen LogP) is 3.79. The van der Waals surface area contributed by atoms with Crippen molar-refractivity contribution in [3.05, 3.63) is 67.8 Å². The number of benzene rings is 1. The number of thioether (sulfide) groups is 1. The summed E-state index contributed by atoms with van der Waals surface area (Å²) in [4.78, 5) is 40.9. The molecule has 2 aliphatic rings. The van der Waals surface area contributed by atoms with Crippen molar-refractivity contribution in [1.82, 2.24) is 9.47 Å². The average Bonchev–Trinajstić information content (AvgIpc) is 3.14. The third-order valence-corrected chi connectivity index (χ3v) is 8.26. The Hall–Kier alpha value is -3.42. The zero-order valence-electron chi connectivity index (χ0n) is 20.8. The lowest BCUT2D eigenvalue weighted by atomic mass is 9.90. The van der Waals surface area contributed by atoms with Crippen LogP contribution in [0.4, 0.5) is 5.82 Å². The molecular weight excluding hydrogens is 508 g/mol. The molecule has 37 heavy (non-hydrogen) atoms. The van der Waals surface area contributed by atoms with E-state index in [1.165, 1.54) is 5.56 Å². The molecule has 2 fully saturated rings. The van der Waals surface area contributed by atoms with Gasteiger partial charge in [0.25, 0.3) is 11.5 Å². The number of pyridine rings is 1. The molecule has 1 N–H and O–H groups in total. The summed E-state index contributed by atoms with van der Waals surface area (Å²) in [6.45, 7) is 4.91. The molecule has 2 aliphatic heterocycles. The Labute approximate surface area is 225 Å². The number of carboxylic acids is 1. The van der Waals surface area contributed by atoms with Crippen LogP contribution in [0.15, 0.2) is 40.0 Å². The monoisotopic (exact) mass is 536 g/mol. The van der Waals surface area contributed by atoms with Crippen LogP contribution in [0.5, 0.6) is 0 Å². The summed E-state index contributed by atoms with van der Waals surface area (Å²) in [6.07, 6.45) is 4.56. The van der Waals surface area contributed by atoms with Gasteiger partial charge in [0, 0.05) is 25.2 Å². The molecule has 0 aliphatic carbocycles. The summed E-state index contributed by atoms with van der Waals surface area (Å²) >= 11 is 6.28. The van der Waals surface area contributed by atoms with Gasteiger partial charge in [-0.2, -0.15) is 5.26 Å². The lowest BCUT2D eigenvalue weighted by molar-refractivity contribution is -0.140. The number of aliphatic carboxylic acids is 1. The molecule has 192 valence electrons. The van der Waals surface area contributed by atoms with Gasteiger partial charge in [0.15, 0.2) is 0 Å². The zero-order valence-corrected chi connectivity index (χ0v) is 22.4. The van der Waals surface area contributed by atoms with Crippen LogP contribution < -0.4 is 10.5 Å². The average molecular weight is 537 g/mol. The van der Waals surface area contributed by atoms with Crippen LogP contribution in [0.2, 0.25) is 0 Å². The largest absolute Gasteiger partial charge is 0.480 e. The van der Waals surface area contributed by atoms with Crippen LogP contribution in [0.25, 0.3) is 6.08 Å². The minimum Gasteiger partial charge on any atom is -0.480 e. The summed E-state index contributed by atoms with van der Waals surface area (Å²) < 4.78 is 1.77. The first-order chi connectivity index (χ1) is 17.7. The van der Waals surface area contributed by atoms with Gasteiger partial charge in [-0.25, -0.2) is 0 Å². The van der Waals surface area contributed by atoms with Crippen molar-refractivity contribution in [2.45, 2.75) is 39.7 Å². The van der Waals surface area contributed by atoms with Crippen LogP contribution in [-0.2, 0) is 22.6 Å². The normalized spacial score (nSPS) is 17.5. The number of piperidine rings is 1. The number of anilines is 1. The fourth-order valence-electron chi connectivity index (χ4n) is 4.98. The number of nitriles is 1. The smallest absolute Gasteiger partial charge is 0.323 e. The van der Waals surface area contributed by atoms with Crippen LogP contribution in [0, 0.1) is 24.2 Å². The highest BCUT2D eigenvalue weighted by molar-refractivity contribution is 8.26. The fraction of sp³-hybridized carbons (Fsp3) is 0.370. The molecule has 0 saturated carbocycles. The third-order valence-electron chi connectivity index (χ3n) is 6.89. The number of carboxylic acid groups (broad SMARTS) is 1. The number of hydrogen-bond acceptors (Lipinski definition) is 7. The van der Waals surface area contributed by atoms with E-state index in [9.17, 15) is 19.6 Å². The Morgan fingerprint density at radius 2 is 1.92 bits per heavy atom. The van der Waals surface area contributed by atoms with E-state index < -0.39 is 18.4 Å². The Morgan fingerprint density at radius 1 is 1.24 bits per heavy atom. The molecule has 2 saturated heterocycles. The second-order valence-electron chi connectivity index (χ2n) is 9.18. The fourth-order valence-corrected chi connectivity index (χ4v) is 6.21. The lowest BCUT2D eigenvalue weighted by Gasteiger charge is -2.36. The number of thiocarbonyl (C=S) groups is 1. The van der Waals surface area contributed by atoms with Gasteiger partial charge in [-0.3, -0.25) is 23.9 Å². The van der Waals surface area contributed by atoms with Gasteiger partial charge in [0.1, 0.15) is 28.3 Å². The highest BCUT2D eigenvalue weighted by Crippen LogP contribution is 2.37. The summed E-state index contributed by atoms with van der Waals surface area (Å²) in [7, 11) is 0. The molecule has 1 aromatic carbocycles. The molecule has 1 amide bonds. The van der Waals surface area contributed by atoms with Crippen molar-refractivity contribution in [3.63, 3.8) is 0 Å². The Morgan fingerprint density at radius 3 is 2.51 bits per heavy atom. The maximum atomic E-state index is 13.2. The van der Waals surface area contributed by atoms with Gasteiger partial charge in [0.2, 0.25) is 0 Å². The standard InChI is InChI=1S/C27H28N4O4S2/c1-3-30-24(29-11-9-19(10-12-29)13-18-7-5-4-6-8-18)20(17(2)21(15-28)25(30)34)14-22-26(35)31(16-23(32)33)27(36)37-22/h4-8,14,19H,3,9-13,16H2,1-2H3,(H,32,33)/b22-14+. The van der Waals surface area contributed by atoms with Gasteiger partial charge in [-0.05, 0) is 56.2 Å². The van der Waals surface area contributed by atoms with Crippen molar-refractivity contribution in [2.75, 3.05) is 24.5 Å². The highest BCUT2D eigenvalue weighted by atomic mass is 32.2. The SMILES string of the molecule is CCn1c(N2CCC(Cc3ccccc3)CC2)c(/C=C2/SC(=S)N(CC(=O)O)C2=O)c(C)c(C#N)c1=O. The molecule has 8 nitrogen and oxygen atoms in total. The van der Waals surface area contributed by atoms with Gasteiger partial charge >= 0.3 is 5.97 Å².